The molecule has 28 heavy (non-hydrogen) atoms. The van der Waals surface area contributed by atoms with Gasteiger partial charge in [-0.2, -0.15) is 4.37 Å². The van der Waals surface area contributed by atoms with Gasteiger partial charge in [-0.1, -0.05) is 6.07 Å². The third-order valence-electron chi connectivity index (χ3n) is 5.54. The van der Waals surface area contributed by atoms with E-state index in [2.05, 4.69) is 44.4 Å². The van der Waals surface area contributed by atoms with Gasteiger partial charge in [-0.15, -0.1) is 0 Å². The molecule has 0 bridgehead atoms. The second kappa shape index (κ2) is 8.97. The number of aromatic nitrogens is 3. The average molecular weight is 397 g/mol. The SMILES string of the molecule is Cc1cc(C)c2c(OCCCCN3CCC(c4ccccn4)CC3)nsc2n1. The Morgan fingerprint density at radius 1 is 1.18 bits per heavy atom. The van der Waals surface area contributed by atoms with Crippen molar-refractivity contribution < 1.29 is 4.74 Å². The Balaban J connectivity index is 1.18. The van der Waals surface area contributed by atoms with Crippen LogP contribution in [0.2, 0.25) is 0 Å². The van der Waals surface area contributed by atoms with Crippen LogP contribution < -0.4 is 4.74 Å². The standard InChI is InChI=1S/C22H28N4OS/c1-16-15-17(2)24-22-20(16)21(25-28-22)27-14-6-5-11-26-12-8-18(9-13-26)19-7-3-4-10-23-19/h3-4,7,10,15,18H,5-6,8-9,11-14H2,1-2H3. The Kier molecular flexibility index (Phi) is 6.17. The smallest absolute Gasteiger partial charge is 0.235 e. The Labute approximate surface area is 170 Å². The summed E-state index contributed by atoms with van der Waals surface area (Å²) in [6, 6.07) is 8.35. The average Bonchev–Trinajstić information content (AvgIpc) is 3.12. The molecule has 0 N–H and O–H groups in total. The fourth-order valence-corrected chi connectivity index (χ4v) is 4.87. The van der Waals surface area contributed by atoms with Gasteiger partial charge in [0.2, 0.25) is 5.88 Å². The maximum Gasteiger partial charge on any atom is 0.235 e. The van der Waals surface area contributed by atoms with E-state index in [4.69, 9.17) is 4.74 Å². The van der Waals surface area contributed by atoms with Crippen molar-refractivity contribution in [3.63, 3.8) is 0 Å². The number of aryl methyl sites for hydroxylation is 2. The van der Waals surface area contributed by atoms with Crippen LogP contribution in [-0.2, 0) is 0 Å². The number of hydrogen-bond acceptors (Lipinski definition) is 6. The molecule has 4 rings (SSSR count). The third kappa shape index (κ3) is 4.50. The van der Waals surface area contributed by atoms with Gasteiger partial charge in [-0.25, -0.2) is 4.98 Å². The molecule has 0 atom stereocenters. The highest BCUT2D eigenvalue weighted by Gasteiger charge is 2.20. The summed E-state index contributed by atoms with van der Waals surface area (Å²) < 4.78 is 10.4. The second-order valence-corrected chi connectivity index (χ2v) is 8.43. The first-order chi connectivity index (χ1) is 13.7. The summed E-state index contributed by atoms with van der Waals surface area (Å²) in [5.41, 5.74) is 3.49. The molecule has 0 amide bonds. The van der Waals surface area contributed by atoms with E-state index in [0.717, 1.165) is 47.8 Å². The van der Waals surface area contributed by atoms with Crippen LogP contribution in [0, 0.1) is 13.8 Å². The summed E-state index contributed by atoms with van der Waals surface area (Å²) in [6.07, 6.45) is 6.55. The van der Waals surface area contributed by atoms with E-state index < -0.39 is 0 Å². The molecule has 0 radical (unpaired) electrons. The summed E-state index contributed by atoms with van der Waals surface area (Å²) >= 11 is 1.43. The minimum absolute atomic E-state index is 0.624. The molecule has 1 aliphatic heterocycles. The van der Waals surface area contributed by atoms with Crippen LogP contribution >= 0.6 is 11.5 Å². The van der Waals surface area contributed by atoms with Crippen LogP contribution in [0.5, 0.6) is 5.88 Å². The van der Waals surface area contributed by atoms with Crippen LogP contribution in [0.1, 0.15) is 48.6 Å². The number of likely N-dealkylation sites (tertiary alicyclic amines) is 1. The fraction of sp³-hybridized carbons (Fsp3) is 0.500. The normalized spacial score (nSPS) is 15.9. The van der Waals surface area contributed by atoms with Gasteiger partial charge in [-0.3, -0.25) is 4.98 Å². The first-order valence-corrected chi connectivity index (χ1v) is 11.0. The van der Waals surface area contributed by atoms with E-state index in [1.807, 2.05) is 19.2 Å². The van der Waals surface area contributed by atoms with Gasteiger partial charge in [0, 0.05) is 23.5 Å². The topological polar surface area (TPSA) is 51.1 Å². The molecule has 4 heterocycles. The Morgan fingerprint density at radius 3 is 2.82 bits per heavy atom. The molecule has 1 aliphatic rings. The summed E-state index contributed by atoms with van der Waals surface area (Å²) in [4.78, 5) is 12.6. The summed E-state index contributed by atoms with van der Waals surface area (Å²) in [5.74, 6) is 1.38. The van der Waals surface area contributed by atoms with Crippen LogP contribution in [0.3, 0.4) is 0 Å². The van der Waals surface area contributed by atoms with Crippen molar-refractivity contribution in [1.82, 2.24) is 19.2 Å². The number of rotatable bonds is 7. The Morgan fingerprint density at radius 2 is 2.04 bits per heavy atom. The summed E-state index contributed by atoms with van der Waals surface area (Å²) in [5, 5.41) is 1.08. The molecule has 148 valence electrons. The van der Waals surface area contributed by atoms with Gasteiger partial charge >= 0.3 is 0 Å². The maximum atomic E-state index is 5.98. The third-order valence-corrected chi connectivity index (χ3v) is 6.27. The molecule has 0 saturated carbocycles. The van der Waals surface area contributed by atoms with Crippen LogP contribution in [0.25, 0.3) is 10.2 Å². The second-order valence-electron chi connectivity index (χ2n) is 7.67. The lowest BCUT2D eigenvalue weighted by Crippen LogP contribution is -2.34. The largest absolute Gasteiger partial charge is 0.477 e. The fourth-order valence-electron chi connectivity index (χ4n) is 4.03. The molecule has 6 heteroatoms. The van der Waals surface area contributed by atoms with E-state index in [-0.39, 0.29) is 0 Å². The van der Waals surface area contributed by atoms with E-state index in [9.17, 15) is 0 Å². The first-order valence-electron chi connectivity index (χ1n) is 10.2. The predicted octanol–water partition coefficient (Wildman–Crippen LogP) is 4.74. The summed E-state index contributed by atoms with van der Waals surface area (Å²) in [7, 11) is 0. The molecule has 1 saturated heterocycles. The van der Waals surface area contributed by atoms with Crippen molar-refractivity contribution in [3.05, 3.63) is 47.4 Å². The van der Waals surface area contributed by atoms with Crippen LogP contribution in [0.15, 0.2) is 30.5 Å². The van der Waals surface area contributed by atoms with Crippen LogP contribution in [0.4, 0.5) is 0 Å². The summed E-state index contributed by atoms with van der Waals surface area (Å²) in [6.45, 7) is 8.33. The maximum absolute atomic E-state index is 5.98. The lowest BCUT2D eigenvalue weighted by Gasteiger charge is -2.31. The Hall–Kier alpha value is -2.05. The number of fused-ring (bicyclic) bond motifs is 1. The van der Waals surface area contributed by atoms with Gasteiger partial charge in [0.1, 0.15) is 4.83 Å². The molecule has 0 spiro atoms. The minimum atomic E-state index is 0.624. The number of nitrogens with zero attached hydrogens (tertiary/aromatic N) is 4. The van der Waals surface area contributed by atoms with Gasteiger partial charge < -0.3 is 9.64 Å². The van der Waals surface area contributed by atoms with Crippen molar-refractivity contribution >= 4 is 21.7 Å². The van der Waals surface area contributed by atoms with Crippen molar-refractivity contribution in [2.24, 2.45) is 0 Å². The molecule has 1 fully saturated rings. The van der Waals surface area contributed by atoms with Gasteiger partial charge in [0.25, 0.3) is 0 Å². The highest BCUT2D eigenvalue weighted by atomic mass is 32.1. The van der Waals surface area contributed by atoms with Crippen molar-refractivity contribution in [3.8, 4) is 5.88 Å². The lowest BCUT2D eigenvalue weighted by atomic mass is 9.93. The molecule has 0 aliphatic carbocycles. The molecule has 5 nitrogen and oxygen atoms in total. The Bertz CT molecular complexity index is 904. The van der Waals surface area contributed by atoms with E-state index >= 15 is 0 Å². The highest BCUT2D eigenvalue weighted by Crippen LogP contribution is 2.31. The molecule has 3 aromatic heterocycles. The number of ether oxygens (including phenoxy) is 1. The zero-order valence-corrected chi connectivity index (χ0v) is 17.5. The molecule has 3 aromatic rings. The molecular formula is C22H28N4OS. The number of pyridine rings is 2. The predicted molar refractivity (Wildman–Crippen MR) is 114 cm³/mol. The van der Waals surface area contributed by atoms with Gasteiger partial charge in [0.15, 0.2) is 0 Å². The van der Waals surface area contributed by atoms with E-state index in [1.54, 1.807) is 0 Å². The first kappa shape index (κ1) is 19.3. The molecule has 0 aromatic carbocycles. The van der Waals surface area contributed by atoms with Gasteiger partial charge in [-0.05, 0) is 94.5 Å². The van der Waals surface area contributed by atoms with Crippen molar-refractivity contribution in [2.45, 2.75) is 45.4 Å². The highest BCUT2D eigenvalue weighted by molar-refractivity contribution is 7.13. The molecule has 0 unspecified atom stereocenters. The number of hydrogen-bond donors (Lipinski definition) is 0. The zero-order valence-electron chi connectivity index (χ0n) is 16.7. The van der Waals surface area contributed by atoms with E-state index in [1.165, 1.54) is 48.7 Å². The van der Waals surface area contributed by atoms with Gasteiger partial charge in [0.05, 0.1) is 12.0 Å². The van der Waals surface area contributed by atoms with E-state index in [0.29, 0.717) is 5.92 Å². The molecular weight excluding hydrogens is 368 g/mol. The van der Waals surface area contributed by atoms with Crippen molar-refractivity contribution in [1.29, 1.82) is 0 Å². The van der Waals surface area contributed by atoms with Crippen molar-refractivity contribution in [2.75, 3.05) is 26.2 Å². The lowest BCUT2D eigenvalue weighted by molar-refractivity contribution is 0.200. The zero-order chi connectivity index (χ0) is 19.3. The monoisotopic (exact) mass is 396 g/mol. The number of unbranched alkanes of at least 4 members (excludes halogenated alkanes) is 1. The number of piperidine rings is 1. The minimum Gasteiger partial charge on any atom is -0.477 e. The quantitative estimate of drug-likeness (QED) is 0.540. The van der Waals surface area contributed by atoms with Crippen LogP contribution in [-0.4, -0.2) is 45.5 Å².